The van der Waals surface area contributed by atoms with Gasteiger partial charge in [0.2, 0.25) is 0 Å². The van der Waals surface area contributed by atoms with E-state index in [4.69, 9.17) is 16.3 Å². The van der Waals surface area contributed by atoms with Crippen LogP contribution in [0.4, 0.5) is 23.2 Å². The maximum Gasteiger partial charge on any atom is 0.416 e. The summed E-state index contributed by atoms with van der Waals surface area (Å²) in [6.45, 7) is 2.34. The average Bonchev–Trinajstić information content (AvgIpc) is 3.44. The van der Waals surface area contributed by atoms with Crippen molar-refractivity contribution in [2.24, 2.45) is 0 Å². The molecule has 3 aromatic rings. The van der Waals surface area contributed by atoms with E-state index in [0.717, 1.165) is 28.9 Å². The normalized spacial score (nSPS) is 19.5. The minimum absolute atomic E-state index is 0.101. The van der Waals surface area contributed by atoms with Gasteiger partial charge in [-0.3, -0.25) is 14.0 Å². The number of benzene rings is 3. The van der Waals surface area contributed by atoms with Gasteiger partial charge in [-0.25, -0.2) is 12.8 Å². The number of hydrogen-bond donors (Lipinski definition) is 1. The number of anilines is 1. The van der Waals surface area contributed by atoms with Crippen LogP contribution in [-0.2, 0) is 21.0 Å². The molecular formula is C31H29ClF4N2O5S. The Morgan fingerprint density at radius 1 is 1.14 bits per heavy atom. The minimum atomic E-state index is -4.75. The van der Waals surface area contributed by atoms with Crippen LogP contribution in [-0.4, -0.2) is 56.2 Å². The molecule has 1 N–H and O–H groups in total. The molecule has 0 aromatic heterocycles. The molecule has 44 heavy (non-hydrogen) atoms. The molecule has 0 bridgehead atoms. The lowest BCUT2D eigenvalue weighted by Crippen LogP contribution is -2.45. The van der Waals surface area contributed by atoms with E-state index in [9.17, 15) is 35.9 Å². The summed E-state index contributed by atoms with van der Waals surface area (Å²) in [7, 11) is -4.52. The Balaban J connectivity index is 1.52. The molecule has 2 aliphatic heterocycles. The van der Waals surface area contributed by atoms with Gasteiger partial charge in [-0.1, -0.05) is 35.9 Å². The Kier molecular flexibility index (Phi) is 8.97. The van der Waals surface area contributed by atoms with Crippen LogP contribution in [0.15, 0.2) is 65.6 Å². The maximum absolute atomic E-state index is 14.5. The zero-order valence-corrected chi connectivity index (χ0v) is 25.1. The van der Waals surface area contributed by atoms with Gasteiger partial charge in [0.15, 0.2) is 0 Å². The lowest BCUT2D eigenvalue weighted by molar-refractivity contribution is -0.142. The van der Waals surface area contributed by atoms with Gasteiger partial charge in [0.25, 0.3) is 10.0 Å². The Morgan fingerprint density at radius 3 is 2.59 bits per heavy atom. The second-order valence-electron chi connectivity index (χ2n) is 10.8. The number of sulfonamides is 1. The molecule has 7 nitrogen and oxygen atoms in total. The molecule has 2 atom stereocenters. The van der Waals surface area contributed by atoms with Crippen molar-refractivity contribution in [3.8, 4) is 5.75 Å². The van der Waals surface area contributed by atoms with Gasteiger partial charge in [0.05, 0.1) is 27.7 Å². The highest BCUT2D eigenvalue weighted by Gasteiger charge is 2.38. The first kappa shape index (κ1) is 31.8. The third-order valence-electron chi connectivity index (χ3n) is 7.79. The van der Waals surface area contributed by atoms with Gasteiger partial charge in [0.1, 0.15) is 23.7 Å². The quantitative estimate of drug-likeness (QED) is 0.209. The van der Waals surface area contributed by atoms with Gasteiger partial charge >= 0.3 is 12.1 Å². The first-order chi connectivity index (χ1) is 20.8. The predicted octanol–water partition coefficient (Wildman–Crippen LogP) is 6.95. The van der Waals surface area contributed by atoms with Gasteiger partial charge in [-0.15, -0.1) is 0 Å². The number of halogens is 5. The van der Waals surface area contributed by atoms with Crippen LogP contribution in [0, 0.1) is 5.82 Å². The lowest BCUT2D eigenvalue weighted by atomic mass is 10.0. The van der Waals surface area contributed by atoms with Crippen molar-refractivity contribution in [2.45, 2.75) is 49.4 Å². The highest BCUT2D eigenvalue weighted by Crippen LogP contribution is 2.40. The van der Waals surface area contributed by atoms with E-state index in [1.807, 2.05) is 0 Å². The average molecular weight is 653 g/mol. The molecule has 5 rings (SSSR count). The number of likely N-dealkylation sites (tertiary alicyclic amines) is 1. The van der Waals surface area contributed by atoms with Gasteiger partial charge in [-0.2, -0.15) is 13.2 Å². The number of fused-ring (bicyclic) bond motifs is 1. The number of alkyl halides is 3. The molecule has 0 spiro atoms. The highest BCUT2D eigenvalue weighted by molar-refractivity contribution is 7.92. The lowest BCUT2D eigenvalue weighted by Gasteiger charge is -2.36. The standard InChI is InChI=1S/C31H29ClF4N2O5S/c1-19(29-24(32)7-3-8-25(29)33)15-20-10-11-28-27(16-20)38(44(41,42)23-6-2-5-21(17-23)31(34,35)36)18-22(43-28)12-14-37-13-4-9-26(37)30(39)40/h2-3,5-8,10-11,15-17,22,26H,4,9,12-14,18H2,1H3,(H,39,40). The van der Waals surface area contributed by atoms with Crippen molar-refractivity contribution in [3.63, 3.8) is 0 Å². The third-order valence-corrected chi connectivity index (χ3v) is 9.88. The molecule has 13 heteroatoms. The molecule has 2 heterocycles. The van der Waals surface area contributed by atoms with Crippen molar-refractivity contribution in [1.82, 2.24) is 4.90 Å². The number of carboxylic acids is 1. The van der Waals surface area contributed by atoms with Crippen molar-refractivity contribution in [1.29, 1.82) is 0 Å². The monoisotopic (exact) mass is 652 g/mol. The Morgan fingerprint density at radius 2 is 1.89 bits per heavy atom. The fourth-order valence-electron chi connectivity index (χ4n) is 5.64. The minimum Gasteiger partial charge on any atom is -0.486 e. The van der Waals surface area contributed by atoms with E-state index in [1.165, 1.54) is 18.2 Å². The fourth-order valence-corrected chi connectivity index (χ4v) is 7.49. The summed E-state index contributed by atoms with van der Waals surface area (Å²) >= 11 is 6.22. The number of nitrogens with zero attached hydrogens (tertiary/aromatic N) is 2. The van der Waals surface area contributed by atoms with Crippen LogP contribution < -0.4 is 9.04 Å². The number of carboxylic acid groups (broad SMARTS) is 1. The van der Waals surface area contributed by atoms with Crippen LogP contribution in [0.2, 0.25) is 5.02 Å². The van der Waals surface area contributed by atoms with Crippen molar-refractivity contribution >= 4 is 44.9 Å². The third kappa shape index (κ3) is 6.57. The van der Waals surface area contributed by atoms with Crippen LogP contribution in [0.25, 0.3) is 11.6 Å². The molecule has 2 unspecified atom stereocenters. The summed E-state index contributed by atoms with van der Waals surface area (Å²) < 4.78 is 90.1. The predicted molar refractivity (Wildman–Crippen MR) is 159 cm³/mol. The summed E-state index contributed by atoms with van der Waals surface area (Å²) in [5.74, 6) is -1.28. The Labute approximate surface area is 257 Å². The van der Waals surface area contributed by atoms with Gasteiger partial charge in [0, 0.05) is 12.1 Å². The molecule has 0 amide bonds. The van der Waals surface area contributed by atoms with Crippen LogP contribution in [0.1, 0.15) is 42.9 Å². The Hall–Kier alpha value is -3.61. The number of aliphatic carboxylic acids is 1. The van der Waals surface area contributed by atoms with E-state index in [2.05, 4.69) is 0 Å². The summed E-state index contributed by atoms with van der Waals surface area (Å²) in [5.41, 5.74) is 0.121. The summed E-state index contributed by atoms with van der Waals surface area (Å²) in [4.78, 5) is 12.9. The second-order valence-corrected chi connectivity index (χ2v) is 13.0. The van der Waals surface area contributed by atoms with E-state index in [-0.39, 0.29) is 35.0 Å². The van der Waals surface area contributed by atoms with E-state index >= 15 is 0 Å². The number of allylic oxidation sites excluding steroid dienone is 1. The Bertz CT molecular complexity index is 1690. The molecule has 3 aromatic carbocycles. The SMILES string of the molecule is CC(=Cc1ccc2c(c1)N(S(=O)(=O)c1cccc(C(F)(F)F)c1)CC(CCN1CCCC1C(=O)O)O2)c1c(F)cccc1Cl. The summed E-state index contributed by atoms with van der Waals surface area (Å²) in [6, 6.07) is 11.9. The first-order valence-electron chi connectivity index (χ1n) is 13.9. The molecule has 2 aliphatic rings. The number of rotatable bonds is 8. The molecule has 0 aliphatic carbocycles. The second kappa shape index (κ2) is 12.4. The van der Waals surface area contributed by atoms with Gasteiger partial charge in [-0.05, 0) is 86.3 Å². The number of hydrogen-bond acceptors (Lipinski definition) is 5. The smallest absolute Gasteiger partial charge is 0.416 e. The van der Waals surface area contributed by atoms with Gasteiger partial charge < -0.3 is 9.84 Å². The molecule has 1 saturated heterocycles. The number of carbonyl (C=O) groups is 1. The van der Waals surface area contributed by atoms with Crippen LogP contribution in [0.3, 0.4) is 0 Å². The van der Waals surface area contributed by atoms with Crippen LogP contribution >= 0.6 is 11.6 Å². The summed E-state index contributed by atoms with van der Waals surface area (Å²) in [6.07, 6.45) is -2.34. The van der Waals surface area contributed by atoms with Crippen molar-refractivity contribution in [3.05, 3.63) is 88.2 Å². The molecule has 0 saturated carbocycles. The summed E-state index contributed by atoms with van der Waals surface area (Å²) in [5, 5.41) is 9.72. The van der Waals surface area contributed by atoms with Crippen molar-refractivity contribution < 1.29 is 40.6 Å². The first-order valence-corrected chi connectivity index (χ1v) is 15.7. The largest absolute Gasteiger partial charge is 0.486 e. The van der Waals surface area contributed by atoms with Crippen LogP contribution in [0.5, 0.6) is 5.75 Å². The van der Waals surface area contributed by atoms with E-state index in [0.29, 0.717) is 36.7 Å². The number of ether oxygens (including phenoxy) is 1. The molecule has 1 fully saturated rings. The zero-order chi connectivity index (χ0) is 31.8. The van der Waals surface area contributed by atoms with E-state index < -0.39 is 50.6 Å². The highest BCUT2D eigenvalue weighted by atomic mass is 35.5. The topological polar surface area (TPSA) is 87.2 Å². The van der Waals surface area contributed by atoms with E-state index in [1.54, 1.807) is 36.1 Å². The molecule has 234 valence electrons. The molecule has 0 radical (unpaired) electrons. The fraction of sp³-hybridized carbons (Fsp3) is 0.323. The van der Waals surface area contributed by atoms with Crippen molar-refractivity contribution in [2.75, 3.05) is 23.9 Å². The molecular weight excluding hydrogens is 624 g/mol. The maximum atomic E-state index is 14.5. The zero-order valence-electron chi connectivity index (χ0n) is 23.5.